The summed E-state index contributed by atoms with van der Waals surface area (Å²) in [5, 5.41) is 18.4. The van der Waals surface area contributed by atoms with Gasteiger partial charge >= 0.3 is 19.8 Å². The van der Waals surface area contributed by atoms with Gasteiger partial charge in [-0.05, 0) is 64.2 Å². The van der Waals surface area contributed by atoms with E-state index < -0.39 is 51.8 Å². The summed E-state index contributed by atoms with van der Waals surface area (Å²) >= 11 is 0. The van der Waals surface area contributed by atoms with Crippen LogP contribution in [0.5, 0.6) is 0 Å². The monoisotopic (exact) mass is 885 g/mol. The van der Waals surface area contributed by atoms with E-state index in [1.807, 2.05) is 0 Å². The molecule has 0 saturated heterocycles. The van der Waals surface area contributed by atoms with Crippen molar-refractivity contribution in [3.63, 3.8) is 0 Å². The molecular weight excluding hydrogens is 792 g/mol. The third kappa shape index (κ3) is 46.0. The Kier molecular flexibility index (Phi) is 44.8. The van der Waals surface area contributed by atoms with Crippen molar-refractivity contribution in [3.8, 4) is 0 Å². The van der Waals surface area contributed by atoms with E-state index in [0.29, 0.717) is 12.8 Å². The summed E-state index contributed by atoms with van der Waals surface area (Å²) in [6.45, 7) is 2.34. The molecule has 11 heteroatoms. The maximum Gasteiger partial charge on any atom is 0.472 e. The number of esters is 2. The highest BCUT2D eigenvalue weighted by atomic mass is 31.2. The smallest absolute Gasteiger partial charge is 0.462 e. The summed E-state index contributed by atoms with van der Waals surface area (Å²) in [5.74, 6) is -0.970. The van der Waals surface area contributed by atoms with Gasteiger partial charge in [0.1, 0.15) is 12.7 Å². The van der Waals surface area contributed by atoms with E-state index in [1.165, 1.54) is 148 Å². The van der Waals surface area contributed by atoms with Crippen molar-refractivity contribution in [3.05, 3.63) is 36.5 Å². The van der Waals surface area contributed by atoms with Crippen LogP contribution in [0.1, 0.15) is 232 Å². The third-order valence-corrected chi connectivity index (χ3v) is 11.7. The van der Waals surface area contributed by atoms with E-state index >= 15 is 0 Å². The number of hydrogen-bond donors (Lipinski definition) is 3. The highest BCUT2D eigenvalue weighted by molar-refractivity contribution is 7.47. The Morgan fingerprint density at radius 3 is 1.33 bits per heavy atom. The molecule has 1 unspecified atom stereocenters. The molecule has 0 aromatic carbocycles. The molecule has 0 heterocycles. The molecule has 0 aliphatic carbocycles. The Bertz CT molecular complexity index is 1110. The maximum absolute atomic E-state index is 12.6. The molecule has 10 nitrogen and oxygen atoms in total. The lowest BCUT2D eigenvalue weighted by Gasteiger charge is -2.20. The van der Waals surface area contributed by atoms with Gasteiger partial charge in [0.05, 0.1) is 19.8 Å². The molecule has 0 bridgehead atoms. The summed E-state index contributed by atoms with van der Waals surface area (Å²) in [6.07, 6.45) is 49.8. The van der Waals surface area contributed by atoms with Gasteiger partial charge in [0, 0.05) is 12.8 Å². The summed E-state index contributed by atoms with van der Waals surface area (Å²) < 4.78 is 32.8. The van der Waals surface area contributed by atoms with Gasteiger partial charge in [0.25, 0.3) is 0 Å². The number of ether oxygens (including phenoxy) is 2. The van der Waals surface area contributed by atoms with Crippen molar-refractivity contribution in [1.82, 2.24) is 0 Å². The van der Waals surface area contributed by atoms with Crippen molar-refractivity contribution in [2.24, 2.45) is 0 Å². The molecule has 3 N–H and O–H groups in total. The molecule has 0 rings (SSSR count). The molecule has 0 aromatic heterocycles. The molecule has 0 fully saturated rings. The van der Waals surface area contributed by atoms with Gasteiger partial charge in [-0.15, -0.1) is 0 Å². The molecule has 3 atom stereocenters. The minimum atomic E-state index is -4.63. The minimum absolute atomic E-state index is 0.174. The van der Waals surface area contributed by atoms with Crippen LogP contribution in [-0.4, -0.2) is 65.7 Å². The van der Waals surface area contributed by atoms with Crippen LogP contribution in [0.3, 0.4) is 0 Å². The van der Waals surface area contributed by atoms with E-state index in [-0.39, 0.29) is 19.4 Å². The van der Waals surface area contributed by atoms with E-state index in [1.54, 1.807) is 0 Å². The molecule has 0 aliphatic heterocycles. The van der Waals surface area contributed by atoms with Gasteiger partial charge in [-0.25, -0.2) is 4.57 Å². The van der Waals surface area contributed by atoms with Crippen LogP contribution in [-0.2, 0) is 32.7 Å². The molecule has 0 radical (unpaired) electrons. The van der Waals surface area contributed by atoms with Crippen LogP contribution in [0.2, 0.25) is 0 Å². The fraction of sp³-hybridized carbons (Fsp3) is 0.840. The predicted octanol–water partition coefficient (Wildman–Crippen LogP) is 13.9. The van der Waals surface area contributed by atoms with Crippen LogP contribution in [0.4, 0.5) is 0 Å². The Morgan fingerprint density at radius 1 is 0.475 bits per heavy atom. The summed E-state index contributed by atoms with van der Waals surface area (Å²) in [5.41, 5.74) is 0. The lowest BCUT2D eigenvalue weighted by atomic mass is 10.0. The molecule has 61 heavy (non-hydrogen) atoms. The van der Waals surface area contributed by atoms with E-state index in [0.717, 1.165) is 44.9 Å². The van der Waals surface area contributed by atoms with Crippen molar-refractivity contribution < 1.29 is 47.8 Å². The molecular formula is C50H93O10P. The van der Waals surface area contributed by atoms with Crippen LogP contribution >= 0.6 is 7.82 Å². The second-order valence-corrected chi connectivity index (χ2v) is 18.3. The average molecular weight is 885 g/mol. The van der Waals surface area contributed by atoms with Crippen molar-refractivity contribution >= 4 is 19.8 Å². The molecule has 0 saturated carbocycles. The van der Waals surface area contributed by atoms with Gasteiger partial charge in [-0.2, -0.15) is 0 Å². The summed E-state index contributed by atoms with van der Waals surface area (Å²) in [6, 6.07) is 0. The zero-order valence-electron chi connectivity index (χ0n) is 39.1. The second kappa shape index (κ2) is 46.2. The standard InChI is InChI=1S/C50H93O10P/c1-3-5-7-9-11-13-15-17-19-20-21-22-23-24-25-26-28-29-31-33-35-37-39-41-49(53)57-45-48(46-59-61(55,56)58-44-47(52)43-51)60-50(54)42-40-38-36-34-32-30-27-18-16-14-12-10-8-6-4-2/h10,12,26,28,33,35,47-48,51-52H,3-9,11,13-25,27,29-32,34,36-46H2,1-2H3,(H,55,56)/b12-10+,28-26+,35-33+/t47-,48+/m1/s1. The number of phosphoric acid groups is 1. The van der Waals surface area contributed by atoms with Gasteiger partial charge in [0.2, 0.25) is 0 Å². The number of allylic oxidation sites excluding steroid dienone is 6. The van der Waals surface area contributed by atoms with Crippen LogP contribution in [0.25, 0.3) is 0 Å². The minimum Gasteiger partial charge on any atom is -0.462 e. The van der Waals surface area contributed by atoms with E-state index in [9.17, 15) is 24.2 Å². The Labute approximate surface area is 373 Å². The van der Waals surface area contributed by atoms with Crippen molar-refractivity contribution in [1.29, 1.82) is 0 Å². The summed E-state index contributed by atoms with van der Waals surface area (Å²) in [7, 11) is -4.63. The number of aliphatic hydroxyl groups is 2. The number of carbonyl (C=O) groups is 2. The Balaban J connectivity index is 4.21. The first-order valence-electron chi connectivity index (χ1n) is 24.9. The van der Waals surface area contributed by atoms with Crippen LogP contribution < -0.4 is 0 Å². The number of phosphoric ester groups is 1. The van der Waals surface area contributed by atoms with Gasteiger partial charge in [-0.3, -0.25) is 18.6 Å². The lowest BCUT2D eigenvalue weighted by Crippen LogP contribution is -2.29. The fourth-order valence-corrected chi connectivity index (χ4v) is 7.67. The topological polar surface area (TPSA) is 149 Å². The van der Waals surface area contributed by atoms with E-state index in [4.69, 9.17) is 23.6 Å². The fourth-order valence-electron chi connectivity index (χ4n) is 6.88. The van der Waals surface area contributed by atoms with Crippen LogP contribution in [0.15, 0.2) is 36.5 Å². The molecule has 358 valence electrons. The van der Waals surface area contributed by atoms with Gasteiger partial charge < -0.3 is 24.6 Å². The average Bonchev–Trinajstić information content (AvgIpc) is 3.25. The number of rotatable bonds is 47. The van der Waals surface area contributed by atoms with Crippen molar-refractivity contribution in [2.75, 3.05) is 26.4 Å². The third-order valence-electron chi connectivity index (χ3n) is 10.7. The SMILES string of the molecule is CCCC/C=C/CCCCCCCCCCCC(=O)O[C@@H](COC(=O)CCC/C=C/CC/C=C/CCCCCCCCCCCCCCCC)COP(=O)(O)OC[C@H](O)CO. The Hall–Kier alpha value is -1.81. The predicted molar refractivity (Wildman–Crippen MR) is 251 cm³/mol. The maximum atomic E-state index is 12.6. The first-order chi connectivity index (χ1) is 29.7. The second-order valence-electron chi connectivity index (χ2n) is 16.8. The number of unbranched alkanes of at least 4 members (excludes halogenated alkanes) is 27. The summed E-state index contributed by atoms with van der Waals surface area (Å²) in [4.78, 5) is 35.1. The number of aliphatic hydroxyl groups excluding tert-OH is 2. The highest BCUT2D eigenvalue weighted by Crippen LogP contribution is 2.43. The molecule has 0 aliphatic rings. The largest absolute Gasteiger partial charge is 0.472 e. The first kappa shape index (κ1) is 59.2. The number of carbonyl (C=O) groups excluding carboxylic acids is 2. The van der Waals surface area contributed by atoms with Crippen LogP contribution in [0, 0.1) is 0 Å². The molecule has 0 spiro atoms. The zero-order valence-corrected chi connectivity index (χ0v) is 40.0. The molecule has 0 amide bonds. The quantitative estimate of drug-likeness (QED) is 0.0233. The van der Waals surface area contributed by atoms with E-state index in [2.05, 4.69) is 50.3 Å². The normalized spacial score (nSPS) is 14.0. The zero-order chi connectivity index (χ0) is 44.8. The van der Waals surface area contributed by atoms with Crippen molar-refractivity contribution in [2.45, 2.75) is 244 Å². The lowest BCUT2D eigenvalue weighted by molar-refractivity contribution is -0.161. The first-order valence-corrected chi connectivity index (χ1v) is 26.4. The van der Waals surface area contributed by atoms with Gasteiger partial charge in [-0.1, -0.05) is 192 Å². The highest BCUT2D eigenvalue weighted by Gasteiger charge is 2.27. The Morgan fingerprint density at radius 2 is 0.852 bits per heavy atom. The molecule has 0 aromatic rings. The van der Waals surface area contributed by atoms with Gasteiger partial charge in [0.15, 0.2) is 6.10 Å². The number of hydrogen-bond acceptors (Lipinski definition) is 9.